The summed E-state index contributed by atoms with van der Waals surface area (Å²) in [4.78, 5) is 41.3. The highest BCUT2D eigenvalue weighted by molar-refractivity contribution is 5.96. The van der Waals surface area contributed by atoms with Gasteiger partial charge in [-0.3, -0.25) is 9.59 Å². The van der Waals surface area contributed by atoms with E-state index in [1.165, 1.54) is 20.1 Å². The van der Waals surface area contributed by atoms with E-state index in [4.69, 9.17) is 18.6 Å². The van der Waals surface area contributed by atoms with Crippen molar-refractivity contribution in [3.63, 3.8) is 0 Å². The highest BCUT2D eigenvalue weighted by Crippen LogP contribution is 2.35. The van der Waals surface area contributed by atoms with E-state index in [2.05, 4.69) is 18.8 Å². The first-order chi connectivity index (χ1) is 19.9. The predicted octanol–water partition coefficient (Wildman–Crippen LogP) is 4.62. The molecular weight excluding hydrogens is 542 g/mol. The zero-order valence-corrected chi connectivity index (χ0v) is 25.3. The van der Waals surface area contributed by atoms with Crippen LogP contribution in [0.4, 0.5) is 0 Å². The van der Waals surface area contributed by atoms with E-state index in [9.17, 15) is 24.6 Å². The van der Waals surface area contributed by atoms with Gasteiger partial charge < -0.3 is 28.8 Å². The summed E-state index contributed by atoms with van der Waals surface area (Å²) in [6, 6.07) is 3.76. The van der Waals surface area contributed by atoms with Crippen LogP contribution >= 0.6 is 0 Å². The van der Waals surface area contributed by atoms with Crippen LogP contribution in [0.1, 0.15) is 93.9 Å². The van der Waals surface area contributed by atoms with E-state index in [1.54, 1.807) is 19.1 Å². The van der Waals surface area contributed by atoms with Crippen molar-refractivity contribution >= 4 is 24.0 Å². The van der Waals surface area contributed by atoms with Gasteiger partial charge in [-0.2, -0.15) is 0 Å². The highest BCUT2D eigenvalue weighted by Gasteiger charge is 2.33. The molecule has 0 aliphatic carbocycles. The van der Waals surface area contributed by atoms with Crippen molar-refractivity contribution in [3.05, 3.63) is 52.7 Å². The second-order valence-electron chi connectivity index (χ2n) is 11.1. The molecule has 42 heavy (non-hydrogen) atoms. The van der Waals surface area contributed by atoms with Gasteiger partial charge in [-0.05, 0) is 42.0 Å². The van der Waals surface area contributed by atoms with Gasteiger partial charge in [-0.25, -0.2) is 9.78 Å². The summed E-state index contributed by atoms with van der Waals surface area (Å²) in [5.41, 5.74) is 2.21. The van der Waals surface area contributed by atoms with E-state index < -0.39 is 42.3 Å². The Kier molecular flexibility index (Phi) is 11.9. The lowest BCUT2D eigenvalue weighted by Gasteiger charge is -2.28. The Morgan fingerprint density at radius 3 is 2.48 bits per heavy atom. The van der Waals surface area contributed by atoms with E-state index in [0.717, 1.165) is 12.0 Å². The number of carbonyl (C=O) groups excluding carboxylic acids is 3. The zero-order valence-electron chi connectivity index (χ0n) is 25.3. The van der Waals surface area contributed by atoms with Gasteiger partial charge in [0.1, 0.15) is 35.5 Å². The Balaban J connectivity index is 1.74. The first-order valence-electron chi connectivity index (χ1n) is 14.6. The number of aromatic nitrogens is 1. The van der Waals surface area contributed by atoms with Crippen LogP contribution in [-0.2, 0) is 38.3 Å². The first kappa shape index (κ1) is 33.0. The number of oxazole rings is 1. The minimum Gasteiger partial charge on any atom is -0.458 e. The molecule has 3 rings (SSSR count). The van der Waals surface area contributed by atoms with Gasteiger partial charge in [0.25, 0.3) is 0 Å². The molecule has 0 unspecified atom stereocenters. The Labute approximate surface area is 247 Å². The number of rotatable bonds is 14. The number of esters is 3. The fraction of sp³-hybridized carbons (Fsp3) is 0.562. The molecule has 0 bridgehead atoms. The van der Waals surface area contributed by atoms with Gasteiger partial charge in [0.05, 0.1) is 18.6 Å². The van der Waals surface area contributed by atoms with Crippen LogP contribution in [-0.4, -0.2) is 57.5 Å². The Hall–Kier alpha value is -3.50. The number of benzene rings is 1. The van der Waals surface area contributed by atoms with Crippen molar-refractivity contribution in [1.82, 2.24) is 4.98 Å². The lowest BCUT2D eigenvalue weighted by atomic mass is 9.90. The molecule has 2 aromatic rings. The van der Waals surface area contributed by atoms with E-state index in [-0.39, 0.29) is 30.1 Å². The van der Waals surface area contributed by atoms with Crippen molar-refractivity contribution in [2.45, 2.75) is 104 Å². The fourth-order valence-electron chi connectivity index (χ4n) is 4.96. The number of carbonyl (C=O) groups is 3. The third-order valence-corrected chi connectivity index (χ3v) is 7.64. The van der Waals surface area contributed by atoms with Crippen molar-refractivity contribution in [2.24, 2.45) is 11.8 Å². The number of fused-ring (bicyclic) bond motifs is 1. The molecule has 1 aliphatic rings. The molecule has 0 spiro atoms. The standard InChI is InChI=1S/C32H43NO9/c1-7-18(3)13-23-10-9-22-14-26(42-32(38)30(22)31(23)41-21(6)35)15-25(40-20(5)34)12-11-24-17-39-29(33-24)16-28(37)19(4)27(36)8-2/h9-12,17-19,25-28,36-37H,7-8,13-16H2,1-6H3/b12-11+/t18-,19+,25-,26-,27+,28-/m0/s1. The maximum atomic E-state index is 13.2. The number of nitrogens with zero attached hydrogens (tertiary/aromatic N) is 1. The third kappa shape index (κ3) is 9.00. The normalized spacial score (nSPS) is 18.5. The molecule has 1 aromatic heterocycles. The number of hydrogen-bond acceptors (Lipinski definition) is 10. The van der Waals surface area contributed by atoms with Gasteiger partial charge in [0.2, 0.25) is 0 Å². The van der Waals surface area contributed by atoms with Crippen molar-refractivity contribution in [2.75, 3.05) is 0 Å². The molecule has 0 fully saturated rings. The molecule has 0 saturated heterocycles. The van der Waals surface area contributed by atoms with Crippen LogP contribution < -0.4 is 4.74 Å². The minimum atomic E-state index is -0.819. The first-order valence-corrected chi connectivity index (χ1v) is 14.6. The summed E-state index contributed by atoms with van der Waals surface area (Å²) in [5, 5.41) is 20.4. The van der Waals surface area contributed by atoms with Gasteiger partial charge >= 0.3 is 17.9 Å². The number of hydrogen-bond donors (Lipinski definition) is 2. The maximum absolute atomic E-state index is 13.2. The smallest absolute Gasteiger partial charge is 0.342 e. The molecule has 230 valence electrons. The summed E-state index contributed by atoms with van der Waals surface area (Å²) < 4.78 is 22.2. The molecule has 10 heteroatoms. The van der Waals surface area contributed by atoms with Crippen molar-refractivity contribution < 1.29 is 43.2 Å². The summed E-state index contributed by atoms with van der Waals surface area (Å²) in [7, 11) is 0. The monoisotopic (exact) mass is 585 g/mol. The Bertz CT molecular complexity index is 1270. The molecule has 6 atom stereocenters. The number of aliphatic hydroxyl groups is 2. The van der Waals surface area contributed by atoms with Crippen LogP contribution in [0.15, 0.2) is 28.9 Å². The van der Waals surface area contributed by atoms with E-state index >= 15 is 0 Å². The van der Waals surface area contributed by atoms with Gasteiger partial charge in [-0.1, -0.05) is 46.2 Å². The van der Waals surface area contributed by atoms with Crippen molar-refractivity contribution in [1.29, 1.82) is 0 Å². The highest BCUT2D eigenvalue weighted by atomic mass is 16.6. The Morgan fingerprint density at radius 2 is 1.83 bits per heavy atom. The minimum absolute atomic E-state index is 0.144. The van der Waals surface area contributed by atoms with Crippen LogP contribution in [0, 0.1) is 11.8 Å². The molecule has 2 N–H and O–H groups in total. The van der Waals surface area contributed by atoms with E-state index in [1.807, 2.05) is 19.1 Å². The number of aliphatic hydroxyl groups excluding tert-OH is 2. The third-order valence-electron chi connectivity index (χ3n) is 7.64. The SMILES string of the molecule is CC[C@H](C)Cc1ccc2c(c1OC(C)=O)C(=O)O[C@H](C[C@H](/C=C/c1coc(C[C@H](O)[C@H](C)[C@H](O)CC)n1)OC(C)=O)C2. The summed E-state index contributed by atoms with van der Waals surface area (Å²) in [6.45, 7) is 10.4. The molecule has 0 radical (unpaired) electrons. The summed E-state index contributed by atoms with van der Waals surface area (Å²) >= 11 is 0. The summed E-state index contributed by atoms with van der Waals surface area (Å²) in [5.74, 6) is -1.02. The molecule has 10 nitrogen and oxygen atoms in total. The lowest BCUT2D eigenvalue weighted by Crippen LogP contribution is -2.32. The van der Waals surface area contributed by atoms with Crippen LogP contribution in [0.25, 0.3) is 6.08 Å². The zero-order chi connectivity index (χ0) is 31.0. The largest absolute Gasteiger partial charge is 0.458 e. The molecule has 0 saturated carbocycles. The molecule has 2 heterocycles. The average molecular weight is 586 g/mol. The Morgan fingerprint density at radius 1 is 1.10 bits per heavy atom. The van der Waals surface area contributed by atoms with Gasteiger partial charge in [-0.15, -0.1) is 0 Å². The van der Waals surface area contributed by atoms with Gasteiger partial charge in [0.15, 0.2) is 5.89 Å². The molecule has 1 aliphatic heterocycles. The van der Waals surface area contributed by atoms with Gasteiger partial charge in [0, 0.05) is 32.6 Å². The second kappa shape index (κ2) is 15.1. The van der Waals surface area contributed by atoms with Crippen LogP contribution in [0.3, 0.4) is 0 Å². The number of ether oxygens (including phenoxy) is 3. The lowest BCUT2D eigenvalue weighted by molar-refractivity contribution is -0.145. The molecule has 1 aromatic carbocycles. The maximum Gasteiger partial charge on any atom is 0.342 e. The second-order valence-corrected chi connectivity index (χ2v) is 11.1. The van der Waals surface area contributed by atoms with E-state index in [0.29, 0.717) is 42.3 Å². The van der Waals surface area contributed by atoms with Crippen LogP contribution in [0.5, 0.6) is 5.75 Å². The average Bonchev–Trinajstić information content (AvgIpc) is 3.38. The fourth-order valence-corrected chi connectivity index (χ4v) is 4.96. The number of cyclic esters (lactones) is 1. The van der Waals surface area contributed by atoms with Crippen molar-refractivity contribution in [3.8, 4) is 5.75 Å². The molecule has 0 amide bonds. The molecular formula is C32H43NO9. The topological polar surface area (TPSA) is 145 Å². The quantitative estimate of drug-likeness (QED) is 0.238. The van der Waals surface area contributed by atoms with Crippen LogP contribution in [0.2, 0.25) is 0 Å². The summed E-state index contributed by atoms with van der Waals surface area (Å²) in [6.07, 6.45) is 4.79. The predicted molar refractivity (Wildman–Crippen MR) is 155 cm³/mol.